The summed E-state index contributed by atoms with van der Waals surface area (Å²) in [6.45, 7) is 15.8. The van der Waals surface area contributed by atoms with Crippen LogP contribution in [0, 0.1) is 0 Å². The van der Waals surface area contributed by atoms with Gasteiger partial charge >= 0.3 is 0 Å². The van der Waals surface area contributed by atoms with Gasteiger partial charge in [0.05, 0.1) is 6.20 Å². The molecule has 0 aliphatic carbocycles. The summed E-state index contributed by atoms with van der Waals surface area (Å²) < 4.78 is 17.2. The lowest BCUT2D eigenvalue weighted by molar-refractivity contribution is 0.171. The minimum atomic E-state index is -0.131. The Hall–Kier alpha value is -2.70. The molecule has 7 heteroatoms. The molecule has 2 N–H and O–H groups in total. The molecule has 7 nitrogen and oxygen atoms in total. The Balaban J connectivity index is 1.65. The summed E-state index contributed by atoms with van der Waals surface area (Å²) in [4.78, 5) is 9.00. The molecule has 0 unspecified atom stereocenters. The molecule has 0 fully saturated rings. The summed E-state index contributed by atoms with van der Waals surface area (Å²) in [6, 6.07) is 6.15. The predicted octanol–water partition coefficient (Wildman–Crippen LogP) is 3.78. The monoisotopic (exact) mass is 414 g/mol. The van der Waals surface area contributed by atoms with Crippen LogP contribution in [0.2, 0.25) is 0 Å². The van der Waals surface area contributed by atoms with Gasteiger partial charge in [-0.1, -0.05) is 40.7 Å². The number of rotatable bonds is 6. The Morgan fingerprint density at radius 2 is 1.80 bits per heavy atom. The molecular weight excluding hydrogens is 380 g/mol. The van der Waals surface area contributed by atoms with E-state index in [2.05, 4.69) is 67.4 Å². The van der Waals surface area contributed by atoms with Gasteiger partial charge in [0.1, 0.15) is 25.5 Å². The van der Waals surface area contributed by atoms with Gasteiger partial charge in [-0.3, -0.25) is 0 Å². The van der Waals surface area contributed by atoms with Crippen molar-refractivity contribution in [1.29, 1.82) is 0 Å². The Morgan fingerprint density at radius 1 is 1.07 bits per heavy atom. The van der Waals surface area contributed by atoms with Crippen molar-refractivity contribution in [2.75, 3.05) is 26.3 Å². The van der Waals surface area contributed by atoms with Crippen LogP contribution in [-0.2, 0) is 17.4 Å². The molecule has 0 radical (unpaired) electrons. The summed E-state index contributed by atoms with van der Waals surface area (Å²) in [5.41, 5.74) is 0.984. The lowest BCUT2D eigenvalue weighted by atomic mass is 9.84. The van der Waals surface area contributed by atoms with Crippen molar-refractivity contribution in [3.05, 3.63) is 41.6 Å². The highest BCUT2D eigenvalue weighted by Gasteiger charge is 2.24. The van der Waals surface area contributed by atoms with Crippen LogP contribution in [0.3, 0.4) is 0 Å². The zero-order valence-electron chi connectivity index (χ0n) is 19.0. The van der Waals surface area contributed by atoms with Crippen molar-refractivity contribution in [3.63, 3.8) is 0 Å². The minimum absolute atomic E-state index is 0.0641. The SMILES string of the molecule is CCNC(=NCc1ncc(C(C)(C)C)o1)NCC(C)(C)c1ccc2c(c1)OCCO2. The number of ether oxygens (including phenoxy) is 2. The van der Waals surface area contributed by atoms with Crippen LogP contribution >= 0.6 is 0 Å². The van der Waals surface area contributed by atoms with E-state index in [0.717, 1.165) is 29.8 Å². The van der Waals surface area contributed by atoms with Gasteiger partial charge in [-0.15, -0.1) is 0 Å². The van der Waals surface area contributed by atoms with E-state index in [1.807, 2.05) is 13.0 Å². The van der Waals surface area contributed by atoms with E-state index in [0.29, 0.717) is 32.2 Å². The van der Waals surface area contributed by atoms with Crippen molar-refractivity contribution >= 4 is 5.96 Å². The fourth-order valence-corrected chi connectivity index (χ4v) is 3.09. The van der Waals surface area contributed by atoms with Gasteiger partial charge in [-0.2, -0.15) is 0 Å². The van der Waals surface area contributed by atoms with Crippen molar-refractivity contribution in [2.45, 2.75) is 58.9 Å². The highest BCUT2D eigenvalue weighted by molar-refractivity contribution is 5.79. The molecule has 0 saturated carbocycles. The molecule has 1 aliphatic heterocycles. The number of benzene rings is 1. The van der Waals surface area contributed by atoms with E-state index < -0.39 is 0 Å². The lowest BCUT2D eigenvalue weighted by Gasteiger charge is -2.28. The van der Waals surface area contributed by atoms with Crippen LogP contribution in [0.5, 0.6) is 11.5 Å². The number of aliphatic imine (C=N–C) groups is 1. The molecule has 1 aromatic heterocycles. The van der Waals surface area contributed by atoms with Crippen molar-refractivity contribution < 1.29 is 13.9 Å². The van der Waals surface area contributed by atoms with Gasteiger partial charge in [0.25, 0.3) is 0 Å². The molecule has 164 valence electrons. The molecule has 30 heavy (non-hydrogen) atoms. The van der Waals surface area contributed by atoms with Crippen LogP contribution in [0.25, 0.3) is 0 Å². The number of oxazole rings is 1. The van der Waals surface area contributed by atoms with E-state index in [4.69, 9.17) is 13.9 Å². The largest absolute Gasteiger partial charge is 0.486 e. The van der Waals surface area contributed by atoms with Crippen LogP contribution in [0.1, 0.15) is 58.8 Å². The molecule has 3 rings (SSSR count). The van der Waals surface area contributed by atoms with Crippen LogP contribution in [0.15, 0.2) is 33.8 Å². The Labute approximate surface area is 179 Å². The van der Waals surface area contributed by atoms with Crippen molar-refractivity contribution in [1.82, 2.24) is 15.6 Å². The smallest absolute Gasteiger partial charge is 0.216 e. The van der Waals surface area contributed by atoms with Gasteiger partial charge in [-0.25, -0.2) is 9.98 Å². The molecule has 0 amide bonds. The molecule has 0 spiro atoms. The zero-order chi connectivity index (χ0) is 21.8. The van der Waals surface area contributed by atoms with Gasteiger partial charge in [-0.05, 0) is 24.6 Å². The Morgan fingerprint density at radius 3 is 2.47 bits per heavy atom. The summed E-state index contributed by atoms with van der Waals surface area (Å²) >= 11 is 0. The number of aromatic nitrogens is 1. The van der Waals surface area contributed by atoms with Gasteiger partial charge in [0.2, 0.25) is 5.89 Å². The minimum Gasteiger partial charge on any atom is -0.486 e. The lowest BCUT2D eigenvalue weighted by Crippen LogP contribution is -2.43. The normalized spacial score (nSPS) is 14.5. The number of fused-ring (bicyclic) bond motifs is 1. The quantitative estimate of drug-likeness (QED) is 0.553. The van der Waals surface area contributed by atoms with E-state index in [-0.39, 0.29) is 10.8 Å². The fourth-order valence-electron chi connectivity index (χ4n) is 3.09. The highest BCUT2D eigenvalue weighted by Crippen LogP contribution is 2.34. The zero-order valence-corrected chi connectivity index (χ0v) is 19.0. The molecule has 2 aromatic rings. The number of hydrogen-bond donors (Lipinski definition) is 2. The molecular formula is C23H34N4O3. The molecule has 0 saturated heterocycles. The summed E-state index contributed by atoms with van der Waals surface area (Å²) in [6.07, 6.45) is 1.79. The third-order valence-electron chi connectivity index (χ3n) is 5.03. The Bertz CT molecular complexity index is 881. The van der Waals surface area contributed by atoms with E-state index in [9.17, 15) is 0 Å². The van der Waals surface area contributed by atoms with Gasteiger partial charge in [0, 0.05) is 23.9 Å². The Kier molecular flexibility index (Phi) is 6.58. The summed E-state index contributed by atoms with van der Waals surface area (Å²) in [5.74, 6) is 3.84. The second kappa shape index (κ2) is 8.98. The average Bonchev–Trinajstić information content (AvgIpc) is 3.19. The first-order chi connectivity index (χ1) is 14.2. The van der Waals surface area contributed by atoms with E-state index in [1.165, 1.54) is 5.56 Å². The van der Waals surface area contributed by atoms with Crippen LogP contribution in [0.4, 0.5) is 0 Å². The maximum absolute atomic E-state index is 5.84. The second-order valence-electron chi connectivity index (χ2n) is 9.16. The highest BCUT2D eigenvalue weighted by atomic mass is 16.6. The molecule has 1 aliphatic rings. The van der Waals surface area contributed by atoms with E-state index in [1.54, 1.807) is 6.20 Å². The number of hydrogen-bond acceptors (Lipinski definition) is 5. The maximum atomic E-state index is 5.84. The fraction of sp³-hybridized carbons (Fsp3) is 0.565. The first kappa shape index (κ1) is 22.0. The standard InChI is InChI=1S/C23H34N4O3/c1-7-24-21(26-14-20-25-13-19(30-20)22(2,3)4)27-15-23(5,6)16-8-9-17-18(12-16)29-11-10-28-17/h8-9,12-13H,7,10-11,14-15H2,1-6H3,(H2,24,26,27). The number of guanidine groups is 1. The first-order valence-corrected chi connectivity index (χ1v) is 10.6. The van der Waals surface area contributed by atoms with Crippen molar-refractivity contribution in [3.8, 4) is 11.5 Å². The molecule has 2 heterocycles. The van der Waals surface area contributed by atoms with Crippen LogP contribution in [-0.4, -0.2) is 37.2 Å². The molecule has 0 atom stereocenters. The van der Waals surface area contributed by atoms with Crippen molar-refractivity contribution in [2.24, 2.45) is 4.99 Å². The third kappa shape index (κ3) is 5.46. The third-order valence-corrected chi connectivity index (χ3v) is 5.03. The molecule has 0 bridgehead atoms. The average molecular weight is 415 g/mol. The van der Waals surface area contributed by atoms with E-state index >= 15 is 0 Å². The second-order valence-corrected chi connectivity index (χ2v) is 9.16. The van der Waals surface area contributed by atoms with Gasteiger partial charge in [0.15, 0.2) is 17.5 Å². The number of nitrogens with one attached hydrogen (secondary N) is 2. The predicted molar refractivity (Wildman–Crippen MR) is 118 cm³/mol. The topological polar surface area (TPSA) is 80.9 Å². The maximum Gasteiger partial charge on any atom is 0.216 e. The summed E-state index contributed by atoms with van der Waals surface area (Å²) in [5, 5.41) is 6.73. The molecule has 1 aromatic carbocycles. The van der Waals surface area contributed by atoms with Crippen LogP contribution < -0.4 is 20.1 Å². The number of nitrogens with zero attached hydrogens (tertiary/aromatic N) is 2. The summed E-state index contributed by atoms with van der Waals surface area (Å²) in [7, 11) is 0. The first-order valence-electron chi connectivity index (χ1n) is 10.6. The van der Waals surface area contributed by atoms with Gasteiger partial charge < -0.3 is 24.5 Å².